The quantitative estimate of drug-likeness (QED) is 0.851. The Morgan fingerprint density at radius 2 is 1.92 bits per heavy atom. The molecule has 0 bridgehead atoms. The van der Waals surface area contributed by atoms with Gasteiger partial charge in [0.15, 0.2) is 0 Å². The smallest absolute Gasteiger partial charge is 0.249 e. The maximum Gasteiger partial charge on any atom is 0.249 e. The Kier molecular flexibility index (Phi) is 5.51. The summed E-state index contributed by atoms with van der Waals surface area (Å²) in [6.45, 7) is 4.50. The minimum atomic E-state index is -0.475. The molecule has 3 rings (SSSR count). The number of aliphatic hydroxyl groups excluding tert-OH is 1. The Hall–Kier alpha value is -2.17. The van der Waals surface area contributed by atoms with Crippen LogP contribution in [0.3, 0.4) is 0 Å². The second kappa shape index (κ2) is 7.81. The van der Waals surface area contributed by atoms with Crippen molar-refractivity contribution in [2.45, 2.75) is 38.8 Å². The van der Waals surface area contributed by atoms with Crippen molar-refractivity contribution in [3.8, 4) is 11.1 Å². The molecule has 0 aliphatic carbocycles. The van der Waals surface area contributed by atoms with E-state index in [4.69, 9.17) is 5.73 Å². The Morgan fingerprint density at radius 3 is 2.52 bits per heavy atom. The second-order valence-electron chi connectivity index (χ2n) is 6.88. The van der Waals surface area contributed by atoms with Crippen LogP contribution < -0.4 is 5.73 Å². The van der Waals surface area contributed by atoms with Crippen molar-refractivity contribution in [1.82, 2.24) is 4.90 Å². The molecule has 1 aliphatic heterocycles. The van der Waals surface area contributed by atoms with Gasteiger partial charge in [0.1, 0.15) is 0 Å². The number of carbonyl (C=O) groups is 1. The SMILES string of the molecule is C[C@@H]1CCCN1CCc1ccc(-c2ccc(CO)cc2C(N)=O)cc1. The van der Waals surface area contributed by atoms with E-state index in [1.165, 1.54) is 24.9 Å². The molecule has 2 aromatic carbocycles. The van der Waals surface area contributed by atoms with Gasteiger partial charge in [0, 0.05) is 18.2 Å². The molecule has 0 aromatic heterocycles. The summed E-state index contributed by atoms with van der Waals surface area (Å²) in [5.74, 6) is -0.475. The molecule has 0 spiro atoms. The highest BCUT2D eigenvalue weighted by Gasteiger charge is 2.19. The van der Waals surface area contributed by atoms with E-state index in [0.717, 1.165) is 24.1 Å². The van der Waals surface area contributed by atoms with Crippen molar-refractivity contribution in [2.75, 3.05) is 13.1 Å². The molecule has 1 aliphatic rings. The first-order valence-electron chi connectivity index (χ1n) is 8.95. The molecule has 132 valence electrons. The minimum Gasteiger partial charge on any atom is -0.392 e. The molecule has 4 heteroatoms. The van der Waals surface area contributed by atoms with E-state index in [1.54, 1.807) is 6.07 Å². The van der Waals surface area contributed by atoms with Crippen molar-refractivity contribution in [3.05, 3.63) is 59.2 Å². The molecule has 3 N–H and O–H groups in total. The van der Waals surface area contributed by atoms with Crippen LogP contribution in [0.4, 0.5) is 0 Å². The van der Waals surface area contributed by atoms with Crippen LogP contribution in [0.15, 0.2) is 42.5 Å². The predicted molar refractivity (Wildman–Crippen MR) is 100 cm³/mol. The monoisotopic (exact) mass is 338 g/mol. The third-order valence-corrected chi connectivity index (χ3v) is 5.18. The summed E-state index contributed by atoms with van der Waals surface area (Å²) in [6, 6.07) is 14.4. The summed E-state index contributed by atoms with van der Waals surface area (Å²) in [5.41, 5.74) is 9.73. The van der Waals surface area contributed by atoms with Gasteiger partial charge in [-0.2, -0.15) is 0 Å². The zero-order valence-electron chi connectivity index (χ0n) is 14.7. The number of nitrogens with zero attached hydrogens (tertiary/aromatic N) is 1. The number of benzene rings is 2. The van der Waals surface area contributed by atoms with E-state index in [9.17, 15) is 9.90 Å². The van der Waals surface area contributed by atoms with Crippen LogP contribution in [0.2, 0.25) is 0 Å². The molecule has 1 heterocycles. The Balaban J connectivity index is 1.75. The van der Waals surface area contributed by atoms with Gasteiger partial charge in [-0.05, 0) is 61.1 Å². The molecule has 4 nitrogen and oxygen atoms in total. The maximum absolute atomic E-state index is 11.7. The number of hydrogen-bond donors (Lipinski definition) is 2. The summed E-state index contributed by atoms with van der Waals surface area (Å²) >= 11 is 0. The standard InChI is InChI=1S/C21H26N2O2/c1-15-3-2-11-23(15)12-10-16-4-7-18(8-5-16)19-9-6-17(14-24)13-20(19)21(22)25/h4-9,13,15,24H,2-3,10-12,14H2,1H3,(H2,22,25)/t15-/m1/s1. The average molecular weight is 338 g/mol. The number of carbonyl (C=O) groups excluding carboxylic acids is 1. The molecule has 1 saturated heterocycles. The zero-order valence-corrected chi connectivity index (χ0v) is 14.7. The van der Waals surface area contributed by atoms with Crippen molar-refractivity contribution in [2.24, 2.45) is 5.73 Å². The lowest BCUT2D eigenvalue weighted by molar-refractivity contribution is 0.100. The average Bonchev–Trinajstić information content (AvgIpc) is 3.05. The molecule has 1 fully saturated rings. The Bertz CT molecular complexity index is 740. The van der Waals surface area contributed by atoms with Gasteiger partial charge in [0.05, 0.1) is 6.61 Å². The summed E-state index contributed by atoms with van der Waals surface area (Å²) < 4.78 is 0. The number of likely N-dealkylation sites (tertiary alicyclic amines) is 1. The van der Waals surface area contributed by atoms with Gasteiger partial charge in [-0.15, -0.1) is 0 Å². The normalized spacial score (nSPS) is 17.8. The zero-order chi connectivity index (χ0) is 17.8. The lowest BCUT2D eigenvalue weighted by atomic mass is 9.96. The van der Waals surface area contributed by atoms with Gasteiger partial charge in [-0.3, -0.25) is 4.79 Å². The van der Waals surface area contributed by atoms with Gasteiger partial charge in [0.25, 0.3) is 0 Å². The Labute approximate surface area is 149 Å². The lowest BCUT2D eigenvalue weighted by Gasteiger charge is -2.20. The molecule has 1 amide bonds. The van der Waals surface area contributed by atoms with Crippen LogP contribution in [0, 0.1) is 0 Å². The van der Waals surface area contributed by atoms with E-state index in [0.29, 0.717) is 17.2 Å². The highest BCUT2D eigenvalue weighted by atomic mass is 16.3. The number of aliphatic hydroxyl groups is 1. The second-order valence-corrected chi connectivity index (χ2v) is 6.88. The van der Waals surface area contributed by atoms with Crippen molar-refractivity contribution >= 4 is 5.91 Å². The first kappa shape index (κ1) is 17.6. The number of hydrogen-bond acceptors (Lipinski definition) is 3. The van der Waals surface area contributed by atoms with E-state index in [-0.39, 0.29) is 6.61 Å². The van der Waals surface area contributed by atoms with E-state index < -0.39 is 5.91 Å². The van der Waals surface area contributed by atoms with Crippen LogP contribution in [-0.4, -0.2) is 35.0 Å². The molecular weight excluding hydrogens is 312 g/mol. The van der Waals surface area contributed by atoms with Crippen LogP contribution in [0.5, 0.6) is 0 Å². The first-order chi connectivity index (χ1) is 12.1. The molecule has 0 radical (unpaired) electrons. The van der Waals surface area contributed by atoms with Gasteiger partial charge in [-0.25, -0.2) is 0 Å². The molecule has 0 saturated carbocycles. The van der Waals surface area contributed by atoms with E-state index in [1.807, 2.05) is 24.3 Å². The molecular formula is C21H26N2O2. The number of primary amides is 1. The highest BCUT2D eigenvalue weighted by Crippen LogP contribution is 2.26. The molecule has 1 atom stereocenters. The molecule has 0 unspecified atom stereocenters. The number of nitrogens with two attached hydrogens (primary N) is 1. The third kappa shape index (κ3) is 4.09. The molecule has 25 heavy (non-hydrogen) atoms. The number of amides is 1. The van der Waals surface area contributed by atoms with E-state index in [2.05, 4.69) is 24.0 Å². The minimum absolute atomic E-state index is 0.103. The van der Waals surface area contributed by atoms with Crippen LogP contribution in [-0.2, 0) is 13.0 Å². The van der Waals surface area contributed by atoms with Gasteiger partial charge < -0.3 is 15.7 Å². The van der Waals surface area contributed by atoms with Crippen molar-refractivity contribution < 1.29 is 9.90 Å². The summed E-state index contributed by atoms with van der Waals surface area (Å²) in [5, 5.41) is 9.25. The summed E-state index contributed by atoms with van der Waals surface area (Å²) in [6.07, 6.45) is 3.65. The fourth-order valence-electron chi connectivity index (χ4n) is 3.59. The maximum atomic E-state index is 11.7. The number of rotatable bonds is 6. The lowest BCUT2D eigenvalue weighted by Crippen LogP contribution is -2.28. The van der Waals surface area contributed by atoms with E-state index >= 15 is 0 Å². The first-order valence-corrected chi connectivity index (χ1v) is 8.95. The fourth-order valence-corrected chi connectivity index (χ4v) is 3.59. The van der Waals surface area contributed by atoms with Crippen molar-refractivity contribution in [1.29, 1.82) is 0 Å². The van der Waals surface area contributed by atoms with Gasteiger partial charge >= 0.3 is 0 Å². The van der Waals surface area contributed by atoms with Crippen LogP contribution in [0.25, 0.3) is 11.1 Å². The Morgan fingerprint density at radius 1 is 1.20 bits per heavy atom. The molecule has 2 aromatic rings. The summed E-state index contributed by atoms with van der Waals surface area (Å²) in [7, 11) is 0. The highest BCUT2D eigenvalue weighted by molar-refractivity contribution is 6.00. The van der Waals surface area contributed by atoms with Crippen LogP contribution in [0.1, 0.15) is 41.3 Å². The summed E-state index contributed by atoms with van der Waals surface area (Å²) in [4.78, 5) is 14.3. The fraction of sp³-hybridized carbons (Fsp3) is 0.381. The topological polar surface area (TPSA) is 66.6 Å². The van der Waals surface area contributed by atoms with Crippen LogP contribution >= 0.6 is 0 Å². The predicted octanol–water partition coefficient (Wildman–Crippen LogP) is 2.97. The van der Waals surface area contributed by atoms with Gasteiger partial charge in [0.2, 0.25) is 5.91 Å². The third-order valence-electron chi connectivity index (χ3n) is 5.18. The largest absolute Gasteiger partial charge is 0.392 e. The van der Waals surface area contributed by atoms with Gasteiger partial charge in [-0.1, -0.05) is 36.4 Å². The van der Waals surface area contributed by atoms with Crippen molar-refractivity contribution in [3.63, 3.8) is 0 Å².